The van der Waals surface area contributed by atoms with E-state index in [0.29, 0.717) is 17.2 Å². The third-order valence-electron chi connectivity index (χ3n) is 3.93. The van der Waals surface area contributed by atoms with Crippen molar-refractivity contribution < 1.29 is 14.3 Å². The SMILES string of the molecule is C[C@@H]1Oc2ccccc2O[C@@H]1C(=O)Nc1ccc(-c2nccs2)cc1. The summed E-state index contributed by atoms with van der Waals surface area (Å²) in [5.41, 5.74) is 1.73. The van der Waals surface area contributed by atoms with Gasteiger partial charge in [0.05, 0.1) is 0 Å². The Balaban J connectivity index is 1.47. The van der Waals surface area contributed by atoms with E-state index in [0.717, 1.165) is 10.6 Å². The number of anilines is 1. The quantitative estimate of drug-likeness (QED) is 0.775. The Bertz CT molecular complexity index is 878. The molecule has 6 heteroatoms. The number of rotatable bonds is 3. The number of hydrogen-bond acceptors (Lipinski definition) is 5. The molecule has 3 aromatic rings. The molecule has 0 spiro atoms. The Labute approximate surface area is 149 Å². The summed E-state index contributed by atoms with van der Waals surface area (Å²) in [5, 5.41) is 5.77. The van der Waals surface area contributed by atoms with Crippen LogP contribution in [0.25, 0.3) is 10.6 Å². The van der Waals surface area contributed by atoms with Crippen LogP contribution in [0.3, 0.4) is 0 Å². The number of amides is 1. The van der Waals surface area contributed by atoms with Crippen LogP contribution in [0.5, 0.6) is 11.5 Å². The fraction of sp³-hybridized carbons (Fsp3) is 0.158. The van der Waals surface area contributed by atoms with Crippen LogP contribution < -0.4 is 14.8 Å². The summed E-state index contributed by atoms with van der Waals surface area (Å²) in [7, 11) is 0. The monoisotopic (exact) mass is 352 g/mol. The zero-order valence-corrected chi connectivity index (χ0v) is 14.3. The van der Waals surface area contributed by atoms with E-state index < -0.39 is 6.10 Å². The van der Waals surface area contributed by atoms with Gasteiger partial charge in [-0.05, 0) is 43.3 Å². The first-order valence-electron chi connectivity index (χ1n) is 7.94. The zero-order valence-electron chi connectivity index (χ0n) is 13.5. The fourth-order valence-electron chi connectivity index (χ4n) is 2.68. The molecule has 0 bridgehead atoms. The maximum absolute atomic E-state index is 12.6. The summed E-state index contributed by atoms with van der Waals surface area (Å²) in [6.45, 7) is 1.83. The first-order valence-corrected chi connectivity index (χ1v) is 8.82. The Morgan fingerprint density at radius 2 is 1.80 bits per heavy atom. The molecule has 0 unspecified atom stereocenters. The van der Waals surface area contributed by atoms with E-state index >= 15 is 0 Å². The van der Waals surface area contributed by atoms with Gasteiger partial charge in [0.25, 0.3) is 5.91 Å². The molecule has 2 heterocycles. The third-order valence-corrected chi connectivity index (χ3v) is 4.75. The normalized spacial score (nSPS) is 18.6. The lowest BCUT2D eigenvalue weighted by Crippen LogP contribution is -2.46. The van der Waals surface area contributed by atoms with E-state index in [2.05, 4.69) is 10.3 Å². The highest BCUT2D eigenvalue weighted by molar-refractivity contribution is 7.13. The van der Waals surface area contributed by atoms with Gasteiger partial charge < -0.3 is 14.8 Å². The highest BCUT2D eigenvalue weighted by atomic mass is 32.1. The van der Waals surface area contributed by atoms with Crippen LogP contribution in [0.4, 0.5) is 5.69 Å². The Kier molecular flexibility index (Phi) is 4.11. The number of carbonyl (C=O) groups is 1. The van der Waals surface area contributed by atoms with Crippen LogP contribution in [-0.2, 0) is 4.79 Å². The summed E-state index contributed by atoms with van der Waals surface area (Å²) >= 11 is 1.58. The second-order valence-corrected chi connectivity index (χ2v) is 6.61. The largest absolute Gasteiger partial charge is 0.482 e. The lowest BCUT2D eigenvalue weighted by Gasteiger charge is -2.31. The number of benzene rings is 2. The van der Waals surface area contributed by atoms with Crippen molar-refractivity contribution in [2.75, 3.05) is 5.32 Å². The molecular weight excluding hydrogens is 336 g/mol. The van der Waals surface area contributed by atoms with Crippen LogP contribution in [-0.4, -0.2) is 23.1 Å². The van der Waals surface area contributed by atoms with Crippen LogP contribution in [0.15, 0.2) is 60.1 Å². The Hall–Kier alpha value is -2.86. The van der Waals surface area contributed by atoms with Crippen molar-refractivity contribution in [1.29, 1.82) is 0 Å². The summed E-state index contributed by atoms with van der Waals surface area (Å²) in [4.78, 5) is 16.9. The number of para-hydroxylation sites is 2. The molecule has 0 saturated heterocycles. The molecular formula is C19H16N2O3S. The summed E-state index contributed by atoms with van der Waals surface area (Å²) in [6, 6.07) is 14.9. The maximum atomic E-state index is 12.6. The molecule has 1 N–H and O–H groups in total. The van der Waals surface area contributed by atoms with E-state index in [1.54, 1.807) is 23.6 Å². The lowest BCUT2D eigenvalue weighted by atomic mass is 10.1. The van der Waals surface area contributed by atoms with E-state index in [1.165, 1.54) is 0 Å². The van der Waals surface area contributed by atoms with Gasteiger partial charge in [0.1, 0.15) is 11.1 Å². The lowest BCUT2D eigenvalue weighted by molar-refractivity contribution is -0.128. The molecule has 1 aromatic heterocycles. The fourth-order valence-corrected chi connectivity index (χ4v) is 3.33. The third kappa shape index (κ3) is 3.21. The maximum Gasteiger partial charge on any atom is 0.269 e. The number of ether oxygens (including phenoxy) is 2. The van der Waals surface area contributed by atoms with Crippen LogP contribution in [0.1, 0.15) is 6.92 Å². The number of fused-ring (bicyclic) bond motifs is 1. The second kappa shape index (κ2) is 6.57. The molecule has 0 aliphatic carbocycles. The van der Waals surface area contributed by atoms with Crippen molar-refractivity contribution in [3.8, 4) is 22.1 Å². The molecule has 0 fully saturated rings. The van der Waals surface area contributed by atoms with Crippen molar-refractivity contribution >= 4 is 22.9 Å². The minimum Gasteiger partial charge on any atom is -0.482 e. The molecule has 5 nitrogen and oxygen atoms in total. The van der Waals surface area contributed by atoms with Crippen molar-refractivity contribution in [2.24, 2.45) is 0 Å². The van der Waals surface area contributed by atoms with Crippen LogP contribution in [0, 0.1) is 0 Å². The van der Waals surface area contributed by atoms with Gasteiger partial charge in [-0.2, -0.15) is 0 Å². The van der Waals surface area contributed by atoms with Gasteiger partial charge in [-0.25, -0.2) is 4.98 Å². The van der Waals surface area contributed by atoms with Crippen molar-refractivity contribution in [1.82, 2.24) is 4.98 Å². The van der Waals surface area contributed by atoms with Crippen LogP contribution >= 0.6 is 11.3 Å². The van der Waals surface area contributed by atoms with E-state index in [4.69, 9.17) is 9.47 Å². The summed E-state index contributed by atoms with van der Waals surface area (Å²) < 4.78 is 11.6. The number of carbonyl (C=O) groups excluding carboxylic acids is 1. The minimum absolute atomic E-state index is 0.232. The first-order chi connectivity index (χ1) is 12.2. The molecule has 2 aromatic carbocycles. The Morgan fingerprint density at radius 1 is 1.08 bits per heavy atom. The van der Waals surface area contributed by atoms with Gasteiger partial charge >= 0.3 is 0 Å². The number of nitrogens with zero attached hydrogens (tertiary/aromatic N) is 1. The summed E-state index contributed by atoms with van der Waals surface area (Å²) in [6.07, 6.45) is 0.702. The number of nitrogens with one attached hydrogen (secondary N) is 1. The standard InChI is InChI=1S/C19H16N2O3S/c1-12-17(24-16-5-3-2-4-15(16)23-12)18(22)21-14-8-6-13(7-9-14)19-20-10-11-25-19/h2-12,17H,1H3,(H,21,22)/t12-,17-/m0/s1. The van der Waals surface area contributed by atoms with E-state index in [9.17, 15) is 4.79 Å². The highest BCUT2D eigenvalue weighted by Gasteiger charge is 2.34. The van der Waals surface area contributed by atoms with Gasteiger partial charge in [0.2, 0.25) is 6.10 Å². The van der Waals surface area contributed by atoms with Gasteiger partial charge in [-0.1, -0.05) is 12.1 Å². The molecule has 0 radical (unpaired) electrons. The predicted molar refractivity (Wildman–Crippen MR) is 97.1 cm³/mol. The molecule has 0 saturated carbocycles. The molecule has 1 amide bonds. The molecule has 126 valence electrons. The molecule has 1 aliphatic rings. The zero-order chi connectivity index (χ0) is 17.2. The van der Waals surface area contributed by atoms with Gasteiger partial charge in [-0.15, -0.1) is 11.3 Å². The van der Waals surface area contributed by atoms with Crippen molar-refractivity contribution in [3.63, 3.8) is 0 Å². The predicted octanol–water partition coefficient (Wildman–Crippen LogP) is 3.98. The topological polar surface area (TPSA) is 60.5 Å². The molecule has 25 heavy (non-hydrogen) atoms. The van der Waals surface area contributed by atoms with E-state index in [1.807, 2.05) is 54.8 Å². The smallest absolute Gasteiger partial charge is 0.269 e. The van der Waals surface area contributed by atoms with Gasteiger partial charge in [0, 0.05) is 22.8 Å². The second-order valence-electron chi connectivity index (χ2n) is 5.71. The average molecular weight is 352 g/mol. The van der Waals surface area contributed by atoms with Gasteiger partial charge in [-0.3, -0.25) is 4.79 Å². The van der Waals surface area contributed by atoms with Crippen LogP contribution in [0.2, 0.25) is 0 Å². The molecule has 1 aliphatic heterocycles. The highest BCUT2D eigenvalue weighted by Crippen LogP contribution is 2.33. The minimum atomic E-state index is -0.700. The Morgan fingerprint density at radius 3 is 2.48 bits per heavy atom. The number of thiazole rings is 1. The molecule has 4 rings (SSSR count). The van der Waals surface area contributed by atoms with Crippen molar-refractivity contribution in [2.45, 2.75) is 19.1 Å². The summed E-state index contributed by atoms with van der Waals surface area (Å²) in [5.74, 6) is 1.01. The van der Waals surface area contributed by atoms with Gasteiger partial charge in [0.15, 0.2) is 11.5 Å². The number of aromatic nitrogens is 1. The average Bonchev–Trinajstić information content (AvgIpc) is 3.16. The molecule has 2 atom stereocenters. The first kappa shape index (κ1) is 15.7. The van der Waals surface area contributed by atoms with E-state index in [-0.39, 0.29) is 12.0 Å². The number of hydrogen-bond donors (Lipinski definition) is 1. The van der Waals surface area contributed by atoms with Crippen molar-refractivity contribution in [3.05, 3.63) is 60.1 Å².